The van der Waals surface area contributed by atoms with E-state index in [2.05, 4.69) is 17.3 Å². The van der Waals surface area contributed by atoms with Crippen molar-refractivity contribution in [2.24, 2.45) is 0 Å². The highest BCUT2D eigenvalue weighted by Gasteiger charge is 2.17. The summed E-state index contributed by atoms with van der Waals surface area (Å²) in [6, 6.07) is 2.38. The van der Waals surface area contributed by atoms with Gasteiger partial charge in [-0.1, -0.05) is 19.3 Å². The van der Waals surface area contributed by atoms with Gasteiger partial charge in [-0.05, 0) is 26.0 Å². The highest BCUT2D eigenvalue weighted by molar-refractivity contribution is 5.93. The number of amides is 1. The monoisotopic (exact) mass is 250 g/mol. The van der Waals surface area contributed by atoms with Gasteiger partial charge < -0.3 is 14.6 Å². The van der Waals surface area contributed by atoms with Gasteiger partial charge in [0.1, 0.15) is 6.26 Å². The first-order valence-electron chi connectivity index (χ1n) is 6.78. The molecule has 1 heterocycles. The Morgan fingerprint density at radius 3 is 2.89 bits per heavy atom. The largest absolute Gasteiger partial charge is 0.472 e. The number of carbonyl (C=O) groups is 1. The standard InChI is InChI=1S/C14H22N2O2/c1-16(13-5-3-2-4-6-13)9-8-15-14(17)12-7-10-18-11-12/h7,10-11,13H,2-6,8-9H2,1H3,(H,15,17). The third-order valence-electron chi connectivity index (χ3n) is 3.73. The molecule has 18 heavy (non-hydrogen) atoms. The lowest BCUT2D eigenvalue weighted by Gasteiger charge is -2.31. The van der Waals surface area contributed by atoms with E-state index in [4.69, 9.17) is 4.42 Å². The van der Waals surface area contributed by atoms with E-state index in [-0.39, 0.29) is 5.91 Å². The lowest BCUT2D eigenvalue weighted by molar-refractivity contribution is 0.0944. The normalized spacial score (nSPS) is 17.0. The van der Waals surface area contributed by atoms with Crippen LogP contribution in [0.5, 0.6) is 0 Å². The summed E-state index contributed by atoms with van der Waals surface area (Å²) < 4.78 is 4.89. The average Bonchev–Trinajstić information content (AvgIpc) is 2.93. The van der Waals surface area contributed by atoms with Gasteiger partial charge in [0, 0.05) is 19.1 Å². The Morgan fingerprint density at radius 2 is 2.22 bits per heavy atom. The molecule has 1 aliphatic carbocycles. The van der Waals surface area contributed by atoms with Crippen LogP contribution in [0.2, 0.25) is 0 Å². The molecule has 0 bridgehead atoms. The molecule has 0 aliphatic heterocycles. The smallest absolute Gasteiger partial charge is 0.254 e. The molecule has 1 aromatic heterocycles. The Hall–Kier alpha value is -1.29. The molecule has 1 saturated carbocycles. The van der Waals surface area contributed by atoms with E-state index in [1.807, 2.05) is 0 Å². The van der Waals surface area contributed by atoms with Crippen molar-refractivity contribution in [1.29, 1.82) is 0 Å². The van der Waals surface area contributed by atoms with Crippen LogP contribution in [0.25, 0.3) is 0 Å². The summed E-state index contributed by atoms with van der Waals surface area (Å²) in [5, 5.41) is 2.91. The molecular formula is C14H22N2O2. The number of hydrogen-bond donors (Lipinski definition) is 1. The lowest BCUT2D eigenvalue weighted by Crippen LogP contribution is -2.39. The van der Waals surface area contributed by atoms with E-state index in [1.54, 1.807) is 6.07 Å². The molecule has 0 atom stereocenters. The summed E-state index contributed by atoms with van der Waals surface area (Å²) in [4.78, 5) is 14.0. The molecule has 2 rings (SSSR count). The third-order valence-corrected chi connectivity index (χ3v) is 3.73. The van der Waals surface area contributed by atoms with Gasteiger partial charge in [-0.25, -0.2) is 0 Å². The number of furan rings is 1. The van der Waals surface area contributed by atoms with Crippen LogP contribution in [0.1, 0.15) is 42.5 Å². The molecule has 100 valence electrons. The molecule has 1 aromatic rings. The maximum Gasteiger partial charge on any atom is 0.254 e. The van der Waals surface area contributed by atoms with Crippen LogP contribution >= 0.6 is 0 Å². The number of nitrogens with zero attached hydrogens (tertiary/aromatic N) is 1. The van der Waals surface area contributed by atoms with Crippen molar-refractivity contribution in [1.82, 2.24) is 10.2 Å². The van der Waals surface area contributed by atoms with Crippen molar-refractivity contribution in [3.8, 4) is 0 Å². The van der Waals surface area contributed by atoms with Crippen LogP contribution in [-0.2, 0) is 0 Å². The average molecular weight is 250 g/mol. The summed E-state index contributed by atoms with van der Waals surface area (Å²) >= 11 is 0. The topological polar surface area (TPSA) is 45.5 Å². The van der Waals surface area contributed by atoms with Crippen LogP contribution in [0.3, 0.4) is 0 Å². The number of likely N-dealkylation sites (N-methyl/N-ethyl adjacent to an activating group) is 1. The second-order valence-electron chi connectivity index (χ2n) is 5.04. The molecule has 0 spiro atoms. The van der Waals surface area contributed by atoms with E-state index in [0.29, 0.717) is 18.2 Å². The van der Waals surface area contributed by atoms with Gasteiger partial charge in [0.2, 0.25) is 0 Å². The predicted molar refractivity (Wildman–Crippen MR) is 70.5 cm³/mol. The first kappa shape index (κ1) is 13.1. The maximum atomic E-state index is 11.7. The summed E-state index contributed by atoms with van der Waals surface area (Å²) in [6.45, 7) is 1.60. The second kappa shape index (κ2) is 6.59. The molecule has 0 radical (unpaired) electrons. The van der Waals surface area contributed by atoms with E-state index in [0.717, 1.165) is 6.54 Å². The Morgan fingerprint density at radius 1 is 1.44 bits per heavy atom. The summed E-state index contributed by atoms with van der Waals surface area (Å²) in [6.07, 6.45) is 9.65. The number of hydrogen-bond acceptors (Lipinski definition) is 3. The molecule has 1 N–H and O–H groups in total. The zero-order valence-corrected chi connectivity index (χ0v) is 11.0. The van der Waals surface area contributed by atoms with Crippen molar-refractivity contribution in [3.05, 3.63) is 24.2 Å². The minimum atomic E-state index is -0.0548. The van der Waals surface area contributed by atoms with Crippen molar-refractivity contribution in [3.63, 3.8) is 0 Å². The molecule has 0 aromatic carbocycles. The van der Waals surface area contributed by atoms with Gasteiger partial charge in [-0.3, -0.25) is 4.79 Å². The van der Waals surface area contributed by atoms with Gasteiger partial charge in [0.05, 0.1) is 11.8 Å². The molecule has 0 unspecified atom stereocenters. The van der Waals surface area contributed by atoms with Crippen LogP contribution in [0.15, 0.2) is 23.0 Å². The summed E-state index contributed by atoms with van der Waals surface area (Å²) in [5.41, 5.74) is 0.593. The Labute approximate surface area is 108 Å². The van der Waals surface area contributed by atoms with Gasteiger partial charge >= 0.3 is 0 Å². The van der Waals surface area contributed by atoms with E-state index < -0.39 is 0 Å². The highest BCUT2D eigenvalue weighted by atomic mass is 16.3. The van der Waals surface area contributed by atoms with Crippen LogP contribution < -0.4 is 5.32 Å². The molecule has 4 heteroatoms. The Kier molecular flexibility index (Phi) is 4.81. The fourth-order valence-corrected chi connectivity index (χ4v) is 2.55. The molecule has 1 fully saturated rings. The van der Waals surface area contributed by atoms with Gasteiger partial charge in [-0.15, -0.1) is 0 Å². The Balaban J connectivity index is 1.67. The molecule has 0 saturated heterocycles. The maximum absolute atomic E-state index is 11.7. The first-order chi connectivity index (χ1) is 8.77. The predicted octanol–water partition coefficient (Wildman–Crippen LogP) is 2.27. The van der Waals surface area contributed by atoms with Crippen molar-refractivity contribution >= 4 is 5.91 Å². The van der Waals surface area contributed by atoms with Crippen molar-refractivity contribution < 1.29 is 9.21 Å². The second-order valence-corrected chi connectivity index (χ2v) is 5.04. The van der Waals surface area contributed by atoms with Crippen molar-refractivity contribution in [2.45, 2.75) is 38.1 Å². The van der Waals surface area contributed by atoms with Crippen LogP contribution in [-0.4, -0.2) is 37.0 Å². The summed E-state index contributed by atoms with van der Waals surface area (Å²) in [7, 11) is 2.15. The quantitative estimate of drug-likeness (QED) is 0.872. The fraction of sp³-hybridized carbons (Fsp3) is 0.643. The highest BCUT2D eigenvalue weighted by Crippen LogP contribution is 2.21. The molecule has 4 nitrogen and oxygen atoms in total. The minimum Gasteiger partial charge on any atom is -0.472 e. The lowest BCUT2D eigenvalue weighted by atomic mass is 9.94. The van der Waals surface area contributed by atoms with E-state index in [9.17, 15) is 4.79 Å². The summed E-state index contributed by atoms with van der Waals surface area (Å²) in [5.74, 6) is -0.0548. The van der Waals surface area contributed by atoms with Gasteiger partial charge in [0.15, 0.2) is 0 Å². The zero-order valence-electron chi connectivity index (χ0n) is 11.0. The molecular weight excluding hydrogens is 228 g/mol. The fourth-order valence-electron chi connectivity index (χ4n) is 2.55. The van der Waals surface area contributed by atoms with E-state index >= 15 is 0 Å². The third kappa shape index (κ3) is 3.60. The zero-order chi connectivity index (χ0) is 12.8. The number of nitrogens with one attached hydrogen (secondary N) is 1. The first-order valence-corrected chi connectivity index (χ1v) is 6.78. The molecule has 1 amide bonds. The molecule has 1 aliphatic rings. The van der Waals surface area contributed by atoms with Gasteiger partial charge in [-0.2, -0.15) is 0 Å². The van der Waals surface area contributed by atoms with Gasteiger partial charge in [0.25, 0.3) is 5.91 Å². The Bertz CT molecular complexity index is 356. The SMILES string of the molecule is CN(CCNC(=O)c1ccoc1)C1CCCCC1. The number of carbonyl (C=O) groups excluding carboxylic acids is 1. The van der Waals surface area contributed by atoms with Crippen LogP contribution in [0.4, 0.5) is 0 Å². The van der Waals surface area contributed by atoms with E-state index in [1.165, 1.54) is 44.6 Å². The number of rotatable bonds is 5. The van der Waals surface area contributed by atoms with Crippen LogP contribution in [0, 0.1) is 0 Å². The minimum absolute atomic E-state index is 0.0548. The van der Waals surface area contributed by atoms with Crippen molar-refractivity contribution in [2.75, 3.05) is 20.1 Å².